The van der Waals surface area contributed by atoms with Crippen molar-refractivity contribution in [2.24, 2.45) is 5.41 Å². The van der Waals surface area contributed by atoms with Crippen molar-refractivity contribution in [3.63, 3.8) is 0 Å². The lowest BCUT2D eigenvalue weighted by molar-refractivity contribution is 0.157. The Balaban J connectivity index is 2.55. The molecule has 120 valence electrons. The molecule has 1 rings (SSSR count). The van der Waals surface area contributed by atoms with Crippen molar-refractivity contribution in [1.29, 1.82) is 0 Å². The fourth-order valence-corrected chi connectivity index (χ4v) is 4.39. The smallest absolute Gasteiger partial charge is 0.151 e. The molecule has 0 amide bonds. The fraction of sp³-hybridized carbons (Fsp3) is 1.00. The van der Waals surface area contributed by atoms with Crippen LogP contribution < -0.4 is 5.32 Å². The molecular weight excluding hydrogens is 272 g/mol. The number of sulfone groups is 1. The lowest BCUT2D eigenvalue weighted by atomic mass is 9.84. The monoisotopic (exact) mass is 304 g/mol. The molecule has 1 aliphatic heterocycles. The van der Waals surface area contributed by atoms with Gasteiger partial charge in [0.2, 0.25) is 0 Å². The number of rotatable bonds is 8. The van der Waals surface area contributed by atoms with E-state index in [-0.39, 0.29) is 5.41 Å². The normalized spacial score (nSPS) is 23.1. The zero-order valence-corrected chi connectivity index (χ0v) is 14.3. The maximum Gasteiger partial charge on any atom is 0.151 e. The number of hydrogen-bond acceptors (Lipinski definition) is 4. The summed E-state index contributed by atoms with van der Waals surface area (Å²) < 4.78 is 23.4. The molecule has 5 heteroatoms. The predicted octanol–water partition coefficient (Wildman–Crippen LogP) is 1.91. The Kier molecular flexibility index (Phi) is 7.48. The average Bonchev–Trinajstić information content (AvgIpc) is 2.51. The Morgan fingerprint density at radius 2 is 1.90 bits per heavy atom. The lowest BCUT2D eigenvalue weighted by Gasteiger charge is -2.35. The van der Waals surface area contributed by atoms with Crippen molar-refractivity contribution in [2.75, 3.05) is 44.2 Å². The summed E-state index contributed by atoms with van der Waals surface area (Å²) in [5.41, 5.74) is 0.248. The minimum Gasteiger partial charge on any atom is -0.316 e. The molecule has 1 saturated heterocycles. The first-order valence-corrected chi connectivity index (χ1v) is 9.86. The maximum atomic E-state index is 11.7. The van der Waals surface area contributed by atoms with E-state index in [1.54, 1.807) is 0 Å². The first kappa shape index (κ1) is 17.9. The molecule has 0 bridgehead atoms. The van der Waals surface area contributed by atoms with E-state index in [9.17, 15) is 8.42 Å². The average molecular weight is 305 g/mol. The van der Waals surface area contributed by atoms with E-state index in [1.165, 1.54) is 12.8 Å². The molecule has 0 spiro atoms. The topological polar surface area (TPSA) is 49.4 Å². The second-order valence-electron chi connectivity index (χ2n) is 6.52. The van der Waals surface area contributed by atoms with Crippen molar-refractivity contribution >= 4 is 9.84 Å². The first-order valence-electron chi connectivity index (χ1n) is 8.04. The predicted molar refractivity (Wildman–Crippen MR) is 85.9 cm³/mol. The molecule has 20 heavy (non-hydrogen) atoms. The summed E-state index contributed by atoms with van der Waals surface area (Å²) in [5.74, 6) is 0.694. The molecule has 0 aliphatic carbocycles. The Morgan fingerprint density at radius 1 is 1.15 bits per heavy atom. The largest absolute Gasteiger partial charge is 0.316 e. The summed E-state index contributed by atoms with van der Waals surface area (Å²) in [6.45, 7) is 11.5. The molecule has 0 saturated carbocycles. The highest BCUT2D eigenvalue weighted by molar-refractivity contribution is 7.91. The van der Waals surface area contributed by atoms with Gasteiger partial charge in [0.05, 0.1) is 11.5 Å². The second-order valence-corrected chi connectivity index (χ2v) is 8.82. The van der Waals surface area contributed by atoms with Crippen LogP contribution in [0, 0.1) is 5.41 Å². The summed E-state index contributed by atoms with van der Waals surface area (Å²) in [6.07, 6.45) is 4.31. The fourth-order valence-electron chi connectivity index (χ4n) is 3.08. The van der Waals surface area contributed by atoms with Gasteiger partial charge in [0.1, 0.15) is 0 Å². The minimum atomic E-state index is -2.80. The lowest BCUT2D eigenvalue weighted by Crippen LogP contribution is -2.43. The Bertz CT molecular complexity index is 370. The minimum absolute atomic E-state index is 0.248. The van der Waals surface area contributed by atoms with Crippen LogP contribution in [0.2, 0.25) is 0 Å². The summed E-state index contributed by atoms with van der Waals surface area (Å²) in [7, 11) is -2.80. The zero-order chi connectivity index (χ0) is 15.1. The van der Waals surface area contributed by atoms with Crippen molar-refractivity contribution in [2.45, 2.75) is 46.5 Å². The molecule has 1 aliphatic rings. The van der Waals surface area contributed by atoms with Crippen LogP contribution in [-0.2, 0) is 9.84 Å². The summed E-state index contributed by atoms with van der Waals surface area (Å²) in [5, 5.41) is 3.54. The van der Waals surface area contributed by atoms with Gasteiger partial charge in [-0.3, -0.25) is 0 Å². The third kappa shape index (κ3) is 6.55. The van der Waals surface area contributed by atoms with E-state index in [0.29, 0.717) is 18.1 Å². The van der Waals surface area contributed by atoms with Crippen LogP contribution >= 0.6 is 0 Å². The van der Waals surface area contributed by atoms with E-state index in [1.807, 2.05) is 0 Å². The van der Waals surface area contributed by atoms with Crippen LogP contribution in [0.25, 0.3) is 0 Å². The van der Waals surface area contributed by atoms with Gasteiger partial charge < -0.3 is 10.2 Å². The molecule has 1 N–H and O–H groups in total. The first-order chi connectivity index (χ1) is 9.41. The molecule has 0 aromatic rings. The van der Waals surface area contributed by atoms with Crippen molar-refractivity contribution in [3.05, 3.63) is 0 Å². The SMILES string of the molecule is CCCNCC(C)(CCC)CN1CCCS(=O)(=O)CC1. The molecule has 0 aromatic carbocycles. The molecular formula is C15H32N2O2S. The van der Waals surface area contributed by atoms with Crippen LogP contribution in [0.3, 0.4) is 0 Å². The van der Waals surface area contributed by atoms with Gasteiger partial charge >= 0.3 is 0 Å². The highest BCUT2D eigenvalue weighted by Gasteiger charge is 2.28. The van der Waals surface area contributed by atoms with Gasteiger partial charge in [-0.25, -0.2) is 8.42 Å². The van der Waals surface area contributed by atoms with Gasteiger partial charge in [-0.2, -0.15) is 0 Å². The number of nitrogens with one attached hydrogen (secondary N) is 1. The van der Waals surface area contributed by atoms with Crippen molar-refractivity contribution in [1.82, 2.24) is 10.2 Å². The molecule has 0 radical (unpaired) electrons. The Morgan fingerprint density at radius 3 is 2.55 bits per heavy atom. The van der Waals surface area contributed by atoms with Crippen LogP contribution in [0.5, 0.6) is 0 Å². The Labute approximate surface area is 125 Å². The quantitative estimate of drug-likeness (QED) is 0.696. The summed E-state index contributed by atoms with van der Waals surface area (Å²) >= 11 is 0. The van der Waals surface area contributed by atoms with E-state index < -0.39 is 9.84 Å². The van der Waals surface area contributed by atoms with Crippen LogP contribution in [0.1, 0.15) is 46.5 Å². The molecule has 1 fully saturated rings. The van der Waals surface area contributed by atoms with Crippen LogP contribution in [0.4, 0.5) is 0 Å². The van der Waals surface area contributed by atoms with E-state index >= 15 is 0 Å². The van der Waals surface area contributed by atoms with Gasteiger partial charge in [-0.1, -0.05) is 27.2 Å². The third-order valence-electron chi connectivity index (χ3n) is 4.09. The van der Waals surface area contributed by atoms with Gasteiger partial charge in [0.25, 0.3) is 0 Å². The zero-order valence-electron chi connectivity index (χ0n) is 13.5. The van der Waals surface area contributed by atoms with E-state index in [2.05, 4.69) is 31.0 Å². The summed E-state index contributed by atoms with van der Waals surface area (Å²) in [4.78, 5) is 2.35. The standard InChI is InChI=1S/C15H32N2O2S/c1-4-7-15(3,13-16-8-5-2)14-17-9-6-11-20(18,19)12-10-17/h16H,4-14H2,1-3H3. The summed E-state index contributed by atoms with van der Waals surface area (Å²) in [6, 6.07) is 0. The number of nitrogens with zero attached hydrogens (tertiary/aromatic N) is 1. The third-order valence-corrected chi connectivity index (χ3v) is 5.80. The van der Waals surface area contributed by atoms with Gasteiger partial charge in [-0.15, -0.1) is 0 Å². The van der Waals surface area contributed by atoms with Gasteiger partial charge in [0, 0.05) is 19.6 Å². The molecule has 0 aromatic heterocycles. The molecule has 1 heterocycles. The van der Waals surface area contributed by atoms with Gasteiger partial charge in [0.15, 0.2) is 9.84 Å². The van der Waals surface area contributed by atoms with E-state index in [0.717, 1.165) is 39.0 Å². The van der Waals surface area contributed by atoms with Gasteiger partial charge in [-0.05, 0) is 37.8 Å². The Hall–Kier alpha value is -0.130. The highest BCUT2D eigenvalue weighted by atomic mass is 32.2. The van der Waals surface area contributed by atoms with Crippen molar-refractivity contribution < 1.29 is 8.42 Å². The molecule has 4 nitrogen and oxygen atoms in total. The molecule has 1 unspecified atom stereocenters. The van der Waals surface area contributed by atoms with Crippen LogP contribution in [0.15, 0.2) is 0 Å². The van der Waals surface area contributed by atoms with Crippen LogP contribution in [-0.4, -0.2) is 57.5 Å². The maximum absolute atomic E-state index is 11.7. The van der Waals surface area contributed by atoms with Crippen molar-refractivity contribution in [3.8, 4) is 0 Å². The van der Waals surface area contributed by atoms with E-state index in [4.69, 9.17) is 0 Å². The second kappa shape index (κ2) is 8.35. The molecule has 1 atom stereocenters. The highest BCUT2D eigenvalue weighted by Crippen LogP contribution is 2.24. The number of hydrogen-bond donors (Lipinski definition) is 1.